The fourth-order valence-electron chi connectivity index (χ4n) is 3.19. The minimum atomic E-state index is -0.481. The van der Waals surface area contributed by atoms with Gasteiger partial charge in [0.1, 0.15) is 11.4 Å². The summed E-state index contributed by atoms with van der Waals surface area (Å²) in [6, 6.07) is 6.86. The molecule has 24 heavy (non-hydrogen) atoms. The van der Waals surface area contributed by atoms with Crippen molar-refractivity contribution in [2.45, 2.75) is 45.1 Å². The second-order valence-corrected chi connectivity index (χ2v) is 7.28. The summed E-state index contributed by atoms with van der Waals surface area (Å²) < 4.78 is 19.4. The number of carbonyl (C=O) groups is 1. The number of amides is 1. The van der Waals surface area contributed by atoms with E-state index in [4.69, 9.17) is 4.74 Å². The molecule has 1 saturated heterocycles. The molecular weight excluding hydrogens is 307 g/mol. The molecule has 0 atom stereocenters. The minimum Gasteiger partial charge on any atom is -0.444 e. The molecule has 0 radical (unpaired) electrons. The smallest absolute Gasteiger partial charge is 0.410 e. The van der Waals surface area contributed by atoms with Gasteiger partial charge in [-0.15, -0.1) is 0 Å². The van der Waals surface area contributed by atoms with Gasteiger partial charge in [-0.25, -0.2) is 9.18 Å². The van der Waals surface area contributed by atoms with Crippen molar-refractivity contribution in [1.82, 2.24) is 9.88 Å². The Morgan fingerprint density at radius 1 is 1.25 bits per heavy atom. The predicted octanol–water partition coefficient (Wildman–Crippen LogP) is 4.49. The molecule has 1 aliphatic rings. The maximum absolute atomic E-state index is 13.9. The van der Waals surface area contributed by atoms with Gasteiger partial charge in [-0.1, -0.05) is 6.07 Å². The molecule has 4 nitrogen and oxygen atoms in total. The molecule has 5 heteroatoms. The van der Waals surface area contributed by atoms with Crippen LogP contribution in [0.3, 0.4) is 0 Å². The highest BCUT2D eigenvalue weighted by molar-refractivity contribution is 5.82. The lowest BCUT2D eigenvalue weighted by Crippen LogP contribution is -2.41. The number of pyridine rings is 1. The quantitative estimate of drug-likeness (QED) is 0.774. The third-order valence-corrected chi connectivity index (χ3v) is 4.33. The third-order valence-electron chi connectivity index (χ3n) is 4.33. The fourth-order valence-corrected chi connectivity index (χ4v) is 3.19. The van der Waals surface area contributed by atoms with Crippen molar-refractivity contribution in [3.8, 4) is 0 Å². The summed E-state index contributed by atoms with van der Waals surface area (Å²) in [4.78, 5) is 18.3. The molecule has 1 fully saturated rings. The number of halogens is 1. The van der Waals surface area contributed by atoms with E-state index in [1.54, 1.807) is 23.2 Å². The molecule has 0 spiro atoms. The Morgan fingerprint density at radius 3 is 2.62 bits per heavy atom. The van der Waals surface area contributed by atoms with Gasteiger partial charge in [0.15, 0.2) is 0 Å². The maximum Gasteiger partial charge on any atom is 0.410 e. The van der Waals surface area contributed by atoms with Crippen LogP contribution in [0.2, 0.25) is 0 Å². The lowest BCUT2D eigenvalue weighted by atomic mass is 9.88. The first-order valence-corrected chi connectivity index (χ1v) is 8.36. The molecule has 0 N–H and O–H groups in total. The lowest BCUT2D eigenvalue weighted by Gasteiger charge is -2.33. The normalized spacial score (nSPS) is 16.4. The standard InChI is InChI=1S/C19H23FN2O2/c1-19(2,3)24-18(23)22-11-8-13(9-12-22)14-6-7-16(20)15-5-4-10-21-17(14)15/h4-7,10,13H,8-9,11-12H2,1-3H3. The number of aromatic nitrogens is 1. The Balaban J connectivity index is 1.74. The molecule has 2 aromatic rings. The van der Waals surface area contributed by atoms with Crippen LogP contribution in [0.4, 0.5) is 9.18 Å². The number of likely N-dealkylation sites (tertiary alicyclic amines) is 1. The third kappa shape index (κ3) is 3.50. The number of piperidine rings is 1. The van der Waals surface area contributed by atoms with Gasteiger partial charge in [0.05, 0.1) is 5.52 Å². The molecule has 0 saturated carbocycles. The van der Waals surface area contributed by atoms with E-state index >= 15 is 0 Å². The van der Waals surface area contributed by atoms with Gasteiger partial charge in [0, 0.05) is 24.7 Å². The second kappa shape index (κ2) is 6.38. The first kappa shape index (κ1) is 16.7. The van der Waals surface area contributed by atoms with Gasteiger partial charge < -0.3 is 9.64 Å². The summed E-state index contributed by atoms with van der Waals surface area (Å²) in [6.07, 6.45) is 3.09. The van der Waals surface area contributed by atoms with Crippen molar-refractivity contribution in [3.05, 3.63) is 41.8 Å². The number of rotatable bonds is 1. The number of carbonyl (C=O) groups excluding carboxylic acids is 1. The van der Waals surface area contributed by atoms with Gasteiger partial charge in [-0.05, 0) is 63.3 Å². The van der Waals surface area contributed by atoms with E-state index in [9.17, 15) is 9.18 Å². The largest absolute Gasteiger partial charge is 0.444 e. The highest BCUT2D eigenvalue weighted by Gasteiger charge is 2.28. The van der Waals surface area contributed by atoms with E-state index < -0.39 is 5.60 Å². The van der Waals surface area contributed by atoms with Crippen molar-refractivity contribution < 1.29 is 13.9 Å². The Hall–Kier alpha value is -2.17. The fraction of sp³-hybridized carbons (Fsp3) is 0.474. The number of ether oxygens (including phenoxy) is 1. The zero-order chi connectivity index (χ0) is 17.3. The average molecular weight is 330 g/mol. The van der Waals surface area contributed by atoms with Crippen molar-refractivity contribution in [2.75, 3.05) is 13.1 Å². The predicted molar refractivity (Wildman–Crippen MR) is 91.5 cm³/mol. The Bertz CT molecular complexity index is 747. The molecule has 1 aliphatic heterocycles. The van der Waals surface area contributed by atoms with Crippen LogP contribution in [0.15, 0.2) is 30.5 Å². The lowest BCUT2D eigenvalue weighted by molar-refractivity contribution is 0.0205. The van der Waals surface area contributed by atoms with Crippen LogP contribution in [0, 0.1) is 5.82 Å². The van der Waals surface area contributed by atoms with Crippen molar-refractivity contribution in [3.63, 3.8) is 0 Å². The summed E-state index contributed by atoms with van der Waals surface area (Å²) in [5.74, 6) is 0.0368. The van der Waals surface area contributed by atoms with E-state index in [0.29, 0.717) is 18.5 Å². The first-order chi connectivity index (χ1) is 11.3. The van der Waals surface area contributed by atoms with Crippen LogP contribution in [-0.2, 0) is 4.74 Å². The number of nitrogens with zero attached hydrogens (tertiary/aromatic N) is 2. The summed E-state index contributed by atoms with van der Waals surface area (Å²) in [5, 5.41) is 0.560. The topological polar surface area (TPSA) is 42.4 Å². The number of fused-ring (bicyclic) bond motifs is 1. The maximum atomic E-state index is 13.9. The molecule has 0 unspecified atom stereocenters. The second-order valence-electron chi connectivity index (χ2n) is 7.28. The van der Waals surface area contributed by atoms with E-state index in [2.05, 4.69) is 4.98 Å². The zero-order valence-corrected chi connectivity index (χ0v) is 14.4. The van der Waals surface area contributed by atoms with Gasteiger partial charge in [-0.2, -0.15) is 0 Å². The molecule has 2 heterocycles. The van der Waals surface area contributed by atoms with Gasteiger partial charge in [0.2, 0.25) is 0 Å². The molecular formula is C19H23FN2O2. The number of benzene rings is 1. The van der Waals surface area contributed by atoms with Crippen molar-refractivity contribution in [1.29, 1.82) is 0 Å². The summed E-state index contributed by atoms with van der Waals surface area (Å²) in [7, 11) is 0. The molecule has 0 bridgehead atoms. The number of hydrogen-bond acceptors (Lipinski definition) is 3. The van der Waals surface area contributed by atoms with E-state index in [1.165, 1.54) is 6.07 Å². The van der Waals surface area contributed by atoms with Crippen LogP contribution in [-0.4, -0.2) is 34.7 Å². The zero-order valence-electron chi connectivity index (χ0n) is 14.4. The molecule has 1 amide bonds. The van der Waals surface area contributed by atoms with Crippen LogP contribution >= 0.6 is 0 Å². The first-order valence-electron chi connectivity index (χ1n) is 8.36. The summed E-state index contributed by atoms with van der Waals surface area (Å²) in [5.41, 5.74) is 1.31. The SMILES string of the molecule is CC(C)(C)OC(=O)N1CCC(c2ccc(F)c3cccnc23)CC1. The Kier molecular flexibility index (Phi) is 4.43. The summed E-state index contributed by atoms with van der Waals surface area (Å²) >= 11 is 0. The van der Waals surface area contributed by atoms with Crippen LogP contribution in [0.5, 0.6) is 0 Å². The molecule has 1 aromatic carbocycles. The van der Waals surface area contributed by atoms with E-state index in [-0.39, 0.29) is 17.8 Å². The van der Waals surface area contributed by atoms with E-state index in [1.807, 2.05) is 26.8 Å². The van der Waals surface area contributed by atoms with Crippen molar-refractivity contribution in [2.24, 2.45) is 0 Å². The van der Waals surface area contributed by atoms with E-state index in [0.717, 1.165) is 23.9 Å². The van der Waals surface area contributed by atoms with Gasteiger partial charge >= 0.3 is 6.09 Å². The highest BCUT2D eigenvalue weighted by Crippen LogP contribution is 2.33. The number of hydrogen-bond donors (Lipinski definition) is 0. The van der Waals surface area contributed by atoms with Crippen LogP contribution in [0.25, 0.3) is 10.9 Å². The van der Waals surface area contributed by atoms with Crippen LogP contribution < -0.4 is 0 Å². The Labute approximate surface area is 141 Å². The van der Waals surface area contributed by atoms with Gasteiger partial charge in [-0.3, -0.25) is 4.98 Å². The molecule has 128 valence electrons. The average Bonchev–Trinajstić information content (AvgIpc) is 2.54. The van der Waals surface area contributed by atoms with Gasteiger partial charge in [0.25, 0.3) is 0 Å². The van der Waals surface area contributed by atoms with Crippen molar-refractivity contribution >= 4 is 17.0 Å². The summed E-state index contributed by atoms with van der Waals surface area (Å²) in [6.45, 7) is 6.90. The molecule has 1 aromatic heterocycles. The Morgan fingerprint density at radius 2 is 1.96 bits per heavy atom. The monoisotopic (exact) mass is 330 g/mol. The molecule has 3 rings (SSSR count). The minimum absolute atomic E-state index is 0.243. The molecule has 0 aliphatic carbocycles. The highest BCUT2D eigenvalue weighted by atomic mass is 19.1. The van der Waals surface area contributed by atoms with Crippen LogP contribution in [0.1, 0.15) is 45.1 Å².